The van der Waals surface area contributed by atoms with Crippen molar-refractivity contribution in [1.29, 1.82) is 0 Å². The molecule has 0 bridgehead atoms. The molecule has 0 unspecified atom stereocenters. The predicted molar refractivity (Wildman–Crippen MR) is 77.2 cm³/mol. The molecule has 0 aromatic heterocycles. The van der Waals surface area contributed by atoms with E-state index in [9.17, 15) is 14.5 Å². The normalized spacial score (nSPS) is 12.0. The number of hydrogen-bond donors (Lipinski definition) is 1. The number of nitrogens with zero attached hydrogens (tertiary/aromatic N) is 1. The standard InChI is InChI=1S/C14H12ClFN2O3/c1-8(17)9-5-6-13(10(15)7-9)21-14-11(16)3-2-4-12(14)18(19)20/h2-8H,17H2,1H3/t8-/m1/s1. The minimum atomic E-state index is -0.837. The molecule has 0 aliphatic heterocycles. The van der Waals surface area contributed by atoms with Gasteiger partial charge in [-0.1, -0.05) is 23.7 Å². The number of ether oxygens (including phenoxy) is 1. The van der Waals surface area contributed by atoms with Crippen LogP contribution in [0.25, 0.3) is 0 Å². The second-order valence-corrected chi connectivity index (χ2v) is 4.83. The molecular weight excluding hydrogens is 299 g/mol. The van der Waals surface area contributed by atoms with Crippen LogP contribution in [0.2, 0.25) is 5.02 Å². The van der Waals surface area contributed by atoms with Gasteiger partial charge in [0.1, 0.15) is 5.75 Å². The maximum Gasteiger partial charge on any atom is 0.314 e. The SMILES string of the molecule is C[C@@H](N)c1ccc(Oc2c(F)cccc2[N+](=O)[O-])c(Cl)c1. The summed E-state index contributed by atoms with van der Waals surface area (Å²) in [5, 5.41) is 11.1. The number of halogens is 2. The minimum absolute atomic E-state index is 0.120. The minimum Gasteiger partial charge on any atom is -0.446 e. The van der Waals surface area contributed by atoms with Crippen LogP contribution in [-0.4, -0.2) is 4.92 Å². The summed E-state index contributed by atoms with van der Waals surface area (Å²) in [4.78, 5) is 10.2. The summed E-state index contributed by atoms with van der Waals surface area (Å²) in [6, 6.07) is 7.99. The number of nitro groups is 1. The summed E-state index contributed by atoms with van der Waals surface area (Å²) in [6.07, 6.45) is 0. The smallest absolute Gasteiger partial charge is 0.314 e. The fraction of sp³-hybridized carbons (Fsp3) is 0.143. The molecule has 2 rings (SSSR count). The van der Waals surface area contributed by atoms with Crippen molar-refractivity contribution in [2.45, 2.75) is 13.0 Å². The molecule has 2 aromatic rings. The van der Waals surface area contributed by atoms with E-state index >= 15 is 0 Å². The van der Waals surface area contributed by atoms with Gasteiger partial charge in [0.2, 0.25) is 5.75 Å². The highest BCUT2D eigenvalue weighted by Gasteiger charge is 2.21. The first-order valence-corrected chi connectivity index (χ1v) is 6.43. The Morgan fingerprint density at radius 3 is 2.67 bits per heavy atom. The first-order chi connectivity index (χ1) is 9.90. The van der Waals surface area contributed by atoms with Crippen molar-refractivity contribution in [3.05, 3.63) is 62.9 Å². The Morgan fingerprint density at radius 2 is 2.10 bits per heavy atom. The molecule has 0 aliphatic carbocycles. The number of rotatable bonds is 4. The lowest BCUT2D eigenvalue weighted by Crippen LogP contribution is -2.04. The van der Waals surface area contributed by atoms with Crippen LogP contribution in [0.1, 0.15) is 18.5 Å². The average molecular weight is 311 g/mol. The van der Waals surface area contributed by atoms with Gasteiger partial charge in [0, 0.05) is 12.1 Å². The molecule has 2 aromatic carbocycles. The third-order valence-electron chi connectivity index (χ3n) is 2.84. The maximum atomic E-state index is 13.7. The fourth-order valence-corrected chi connectivity index (χ4v) is 1.96. The molecule has 2 N–H and O–H groups in total. The number of hydrogen-bond acceptors (Lipinski definition) is 4. The van der Waals surface area contributed by atoms with Gasteiger partial charge >= 0.3 is 5.69 Å². The van der Waals surface area contributed by atoms with Crippen LogP contribution in [0.5, 0.6) is 11.5 Å². The Labute approximate surface area is 125 Å². The zero-order chi connectivity index (χ0) is 15.6. The molecule has 5 nitrogen and oxygen atoms in total. The first kappa shape index (κ1) is 15.2. The van der Waals surface area contributed by atoms with E-state index in [1.165, 1.54) is 12.1 Å². The second kappa shape index (κ2) is 6.07. The molecule has 0 spiro atoms. The molecule has 0 heterocycles. The number of benzene rings is 2. The quantitative estimate of drug-likeness (QED) is 0.678. The van der Waals surface area contributed by atoms with Gasteiger partial charge in [-0.2, -0.15) is 0 Å². The molecule has 0 fully saturated rings. The van der Waals surface area contributed by atoms with E-state index in [-0.39, 0.29) is 16.8 Å². The molecule has 0 saturated heterocycles. The number of nitro benzene ring substituents is 1. The third kappa shape index (κ3) is 3.29. The van der Waals surface area contributed by atoms with E-state index in [0.29, 0.717) is 0 Å². The van der Waals surface area contributed by atoms with Gasteiger partial charge in [-0.15, -0.1) is 0 Å². The largest absolute Gasteiger partial charge is 0.446 e. The molecule has 7 heteroatoms. The lowest BCUT2D eigenvalue weighted by atomic mass is 10.1. The summed E-state index contributed by atoms with van der Waals surface area (Å²) in [7, 11) is 0. The molecule has 0 aliphatic rings. The Bertz CT molecular complexity index is 692. The highest BCUT2D eigenvalue weighted by Crippen LogP contribution is 2.37. The van der Waals surface area contributed by atoms with Crippen LogP contribution < -0.4 is 10.5 Å². The Kier molecular flexibility index (Phi) is 4.40. The Morgan fingerprint density at radius 1 is 1.38 bits per heavy atom. The lowest BCUT2D eigenvalue weighted by Gasteiger charge is -2.11. The van der Waals surface area contributed by atoms with Crippen LogP contribution in [0.3, 0.4) is 0 Å². The van der Waals surface area contributed by atoms with Crippen molar-refractivity contribution in [2.75, 3.05) is 0 Å². The second-order valence-electron chi connectivity index (χ2n) is 4.43. The van der Waals surface area contributed by atoms with E-state index in [0.717, 1.165) is 17.7 Å². The van der Waals surface area contributed by atoms with Crippen molar-refractivity contribution in [2.24, 2.45) is 5.73 Å². The molecule has 21 heavy (non-hydrogen) atoms. The van der Waals surface area contributed by atoms with Gasteiger partial charge in [-0.25, -0.2) is 4.39 Å². The lowest BCUT2D eigenvalue weighted by molar-refractivity contribution is -0.385. The van der Waals surface area contributed by atoms with E-state index in [2.05, 4.69) is 0 Å². The molecule has 0 radical (unpaired) electrons. The highest BCUT2D eigenvalue weighted by molar-refractivity contribution is 6.32. The maximum absolute atomic E-state index is 13.7. The Balaban J connectivity index is 2.41. The summed E-state index contributed by atoms with van der Waals surface area (Å²) < 4.78 is 19.0. The molecule has 0 amide bonds. The topological polar surface area (TPSA) is 78.4 Å². The van der Waals surface area contributed by atoms with Gasteiger partial charge in [-0.3, -0.25) is 10.1 Å². The predicted octanol–water partition coefficient (Wildman–Crippen LogP) is 4.20. The van der Waals surface area contributed by atoms with Gasteiger partial charge in [-0.05, 0) is 30.7 Å². The monoisotopic (exact) mass is 310 g/mol. The molecule has 0 saturated carbocycles. The highest BCUT2D eigenvalue weighted by atomic mass is 35.5. The van der Waals surface area contributed by atoms with E-state index in [4.69, 9.17) is 22.1 Å². The first-order valence-electron chi connectivity index (χ1n) is 6.06. The van der Waals surface area contributed by atoms with E-state index < -0.39 is 22.2 Å². The van der Waals surface area contributed by atoms with Crippen LogP contribution in [0.15, 0.2) is 36.4 Å². The summed E-state index contributed by atoms with van der Waals surface area (Å²) >= 11 is 6.03. The average Bonchev–Trinajstić information content (AvgIpc) is 2.42. The van der Waals surface area contributed by atoms with Crippen LogP contribution in [-0.2, 0) is 0 Å². The van der Waals surface area contributed by atoms with Crippen LogP contribution >= 0.6 is 11.6 Å². The van der Waals surface area contributed by atoms with Gasteiger partial charge in [0.05, 0.1) is 9.95 Å². The van der Waals surface area contributed by atoms with Crippen molar-refractivity contribution in [3.8, 4) is 11.5 Å². The van der Waals surface area contributed by atoms with Crippen LogP contribution in [0, 0.1) is 15.9 Å². The van der Waals surface area contributed by atoms with Gasteiger partial charge in [0.15, 0.2) is 5.82 Å². The van der Waals surface area contributed by atoms with E-state index in [1.54, 1.807) is 19.1 Å². The summed E-state index contributed by atoms with van der Waals surface area (Å²) in [5.41, 5.74) is 6.03. The summed E-state index contributed by atoms with van der Waals surface area (Å²) in [6.45, 7) is 1.79. The van der Waals surface area contributed by atoms with Crippen molar-refractivity contribution in [3.63, 3.8) is 0 Å². The molecular formula is C14H12ClFN2O3. The van der Waals surface area contributed by atoms with Crippen molar-refractivity contribution in [1.82, 2.24) is 0 Å². The zero-order valence-electron chi connectivity index (χ0n) is 11.0. The number of para-hydroxylation sites is 1. The van der Waals surface area contributed by atoms with Gasteiger partial charge in [0.25, 0.3) is 0 Å². The van der Waals surface area contributed by atoms with Crippen LogP contribution in [0.4, 0.5) is 10.1 Å². The fourth-order valence-electron chi connectivity index (χ4n) is 1.74. The zero-order valence-corrected chi connectivity index (χ0v) is 11.8. The van der Waals surface area contributed by atoms with Crippen molar-refractivity contribution < 1.29 is 14.1 Å². The molecule has 1 atom stereocenters. The Hall–Kier alpha value is -2.18. The van der Waals surface area contributed by atoms with E-state index in [1.807, 2.05) is 0 Å². The molecule has 110 valence electrons. The number of nitrogens with two attached hydrogens (primary N) is 1. The summed E-state index contributed by atoms with van der Waals surface area (Å²) in [5.74, 6) is -1.19. The third-order valence-corrected chi connectivity index (χ3v) is 3.13. The van der Waals surface area contributed by atoms with Crippen molar-refractivity contribution >= 4 is 17.3 Å². The van der Waals surface area contributed by atoms with Gasteiger partial charge < -0.3 is 10.5 Å².